The second-order valence-corrected chi connectivity index (χ2v) is 2.75. The van der Waals surface area contributed by atoms with Crippen molar-refractivity contribution < 1.29 is 9.90 Å². The molecule has 0 saturated carbocycles. The van der Waals surface area contributed by atoms with Gasteiger partial charge in [0.15, 0.2) is 0 Å². The van der Waals surface area contributed by atoms with Crippen LogP contribution in [0.5, 0.6) is 0 Å². The minimum atomic E-state index is -0.746. The van der Waals surface area contributed by atoms with E-state index in [0.29, 0.717) is 6.54 Å². The Morgan fingerprint density at radius 3 is 2.67 bits per heavy atom. The van der Waals surface area contributed by atoms with Gasteiger partial charge in [0, 0.05) is 12.6 Å². The highest BCUT2D eigenvalue weighted by atomic mass is 16.4. The van der Waals surface area contributed by atoms with Crippen molar-refractivity contribution in [2.75, 3.05) is 13.1 Å². The molecule has 12 heavy (non-hydrogen) atoms. The van der Waals surface area contributed by atoms with Gasteiger partial charge in [0.25, 0.3) is 0 Å². The van der Waals surface area contributed by atoms with Gasteiger partial charge in [-0.05, 0) is 13.5 Å². The summed E-state index contributed by atoms with van der Waals surface area (Å²) in [5.41, 5.74) is 0. The molecule has 0 radical (unpaired) electrons. The summed E-state index contributed by atoms with van der Waals surface area (Å²) < 4.78 is 0. The number of hydrogen-bond donors (Lipinski definition) is 1. The monoisotopic (exact) mass is 171 g/mol. The van der Waals surface area contributed by atoms with Crippen molar-refractivity contribution in [2.24, 2.45) is 0 Å². The molecule has 1 atom stereocenters. The van der Waals surface area contributed by atoms with E-state index in [2.05, 4.69) is 11.5 Å². The second kappa shape index (κ2) is 5.77. The van der Waals surface area contributed by atoms with Crippen molar-refractivity contribution in [2.45, 2.75) is 26.3 Å². The van der Waals surface area contributed by atoms with Gasteiger partial charge in [-0.25, -0.2) is 0 Å². The first kappa shape index (κ1) is 11.2. The number of rotatable bonds is 6. The van der Waals surface area contributed by atoms with Crippen LogP contribution in [-0.2, 0) is 4.79 Å². The number of carbonyl (C=O) groups is 1. The zero-order valence-corrected chi connectivity index (χ0v) is 7.79. The largest absolute Gasteiger partial charge is 0.481 e. The van der Waals surface area contributed by atoms with Crippen molar-refractivity contribution in [3.8, 4) is 0 Å². The second-order valence-electron chi connectivity index (χ2n) is 2.75. The van der Waals surface area contributed by atoms with Gasteiger partial charge in [-0.15, -0.1) is 6.58 Å². The average Bonchev–Trinajstić information content (AvgIpc) is 2.04. The van der Waals surface area contributed by atoms with Crippen LogP contribution in [0, 0.1) is 0 Å². The maximum absolute atomic E-state index is 10.3. The van der Waals surface area contributed by atoms with Gasteiger partial charge in [0.2, 0.25) is 0 Å². The van der Waals surface area contributed by atoms with E-state index >= 15 is 0 Å². The topological polar surface area (TPSA) is 40.5 Å². The third-order valence-corrected chi connectivity index (χ3v) is 1.94. The molecular weight excluding hydrogens is 154 g/mol. The molecule has 1 N–H and O–H groups in total. The Morgan fingerprint density at radius 2 is 2.33 bits per heavy atom. The summed E-state index contributed by atoms with van der Waals surface area (Å²) >= 11 is 0. The quantitative estimate of drug-likeness (QED) is 0.613. The lowest BCUT2D eigenvalue weighted by Crippen LogP contribution is -2.33. The molecule has 0 saturated heterocycles. The Labute approximate surface area is 73.7 Å². The van der Waals surface area contributed by atoms with E-state index in [-0.39, 0.29) is 12.5 Å². The number of carboxylic acids is 1. The van der Waals surface area contributed by atoms with Gasteiger partial charge >= 0.3 is 5.97 Å². The minimum Gasteiger partial charge on any atom is -0.481 e. The van der Waals surface area contributed by atoms with Gasteiger partial charge < -0.3 is 5.11 Å². The normalized spacial score (nSPS) is 12.9. The predicted octanol–water partition coefficient (Wildman–Crippen LogP) is 1.36. The fraction of sp³-hybridized carbons (Fsp3) is 0.667. The maximum Gasteiger partial charge on any atom is 0.304 e. The summed E-state index contributed by atoms with van der Waals surface area (Å²) in [5, 5.41) is 8.46. The van der Waals surface area contributed by atoms with E-state index in [9.17, 15) is 4.79 Å². The molecule has 3 heteroatoms. The molecule has 1 unspecified atom stereocenters. The van der Waals surface area contributed by atoms with Crippen molar-refractivity contribution in [1.82, 2.24) is 4.90 Å². The Balaban J connectivity index is 3.82. The van der Waals surface area contributed by atoms with Crippen LogP contribution in [0.4, 0.5) is 0 Å². The van der Waals surface area contributed by atoms with Gasteiger partial charge in [-0.1, -0.05) is 13.0 Å². The lowest BCUT2D eigenvalue weighted by Gasteiger charge is -2.24. The number of carboxylic acid groups (broad SMARTS) is 1. The molecule has 0 bridgehead atoms. The molecular formula is C9H17NO2. The summed E-state index contributed by atoms with van der Waals surface area (Å²) in [6, 6.07) is 0.259. The van der Waals surface area contributed by atoms with Gasteiger partial charge in [0.1, 0.15) is 0 Å². The Hall–Kier alpha value is -0.830. The van der Waals surface area contributed by atoms with Crippen LogP contribution < -0.4 is 0 Å². The van der Waals surface area contributed by atoms with E-state index < -0.39 is 5.97 Å². The van der Waals surface area contributed by atoms with Gasteiger partial charge in [-0.3, -0.25) is 9.69 Å². The Kier molecular flexibility index (Phi) is 5.37. The van der Waals surface area contributed by atoms with Crippen molar-refractivity contribution in [1.29, 1.82) is 0 Å². The molecule has 0 aromatic rings. The molecule has 0 aliphatic carbocycles. The van der Waals surface area contributed by atoms with E-state index in [1.165, 1.54) is 0 Å². The molecule has 0 rings (SSSR count). The molecule has 0 aromatic heterocycles. The molecule has 0 aliphatic heterocycles. The first-order valence-corrected chi connectivity index (χ1v) is 4.20. The van der Waals surface area contributed by atoms with Gasteiger partial charge in [0.05, 0.1) is 6.42 Å². The van der Waals surface area contributed by atoms with Crippen LogP contribution in [0.25, 0.3) is 0 Å². The van der Waals surface area contributed by atoms with E-state index in [1.54, 1.807) is 0 Å². The first-order chi connectivity index (χ1) is 5.61. The minimum absolute atomic E-state index is 0.200. The smallest absolute Gasteiger partial charge is 0.304 e. The highest BCUT2D eigenvalue weighted by Gasteiger charge is 2.09. The highest BCUT2D eigenvalue weighted by molar-refractivity contribution is 5.66. The summed E-state index contributed by atoms with van der Waals surface area (Å²) in [7, 11) is 0. The van der Waals surface area contributed by atoms with Crippen LogP contribution in [0.3, 0.4) is 0 Å². The standard InChI is InChI=1S/C9H17NO2/c1-4-8(3)10(5-2)7-6-9(11)12/h4,8H,1,5-7H2,2-3H3,(H,11,12). The Bertz CT molecular complexity index is 157. The molecule has 0 heterocycles. The molecule has 0 amide bonds. The third-order valence-electron chi connectivity index (χ3n) is 1.94. The summed E-state index contributed by atoms with van der Waals surface area (Å²) in [6.45, 7) is 9.15. The van der Waals surface area contributed by atoms with Crippen LogP contribution in [0.15, 0.2) is 12.7 Å². The van der Waals surface area contributed by atoms with Crippen LogP contribution in [0.2, 0.25) is 0 Å². The lowest BCUT2D eigenvalue weighted by atomic mass is 10.2. The Morgan fingerprint density at radius 1 is 1.75 bits per heavy atom. The molecule has 3 nitrogen and oxygen atoms in total. The first-order valence-electron chi connectivity index (χ1n) is 4.20. The van der Waals surface area contributed by atoms with E-state index in [1.807, 2.05) is 19.9 Å². The summed E-state index contributed by atoms with van der Waals surface area (Å²) in [5.74, 6) is -0.746. The fourth-order valence-electron chi connectivity index (χ4n) is 1.04. The van der Waals surface area contributed by atoms with E-state index in [0.717, 1.165) is 6.54 Å². The average molecular weight is 171 g/mol. The molecule has 0 aromatic carbocycles. The van der Waals surface area contributed by atoms with E-state index in [4.69, 9.17) is 5.11 Å². The molecule has 0 fully saturated rings. The predicted molar refractivity (Wildman–Crippen MR) is 49.2 cm³/mol. The molecule has 0 spiro atoms. The summed E-state index contributed by atoms with van der Waals surface area (Å²) in [4.78, 5) is 12.3. The number of hydrogen-bond acceptors (Lipinski definition) is 2. The fourth-order valence-corrected chi connectivity index (χ4v) is 1.04. The van der Waals surface area contributed by atoms with Crippen LogP contribution in [0.1, 0.15) is 20.3 Å². The number of nitrogens with zero attached hydrogens (tertiary/aromatic N) is 1. The highest BCUT2D eigenvalue weighted by Crippen LogP contribution is 2.00. The van der Waals surface area contributed by atoms with Crippen molar-refractivity contribution >= 4 is 5.97 Å². The SMILES string of the molecule is C=CC(C)N(CC)CCC(=O)O. The molecule has 0 aliphatic rings. The van der Waals surface area contributed by atoms with Crippen molar-refractivity contribution in [3.63, 3.8) is 0 Å². The number of likely N-dealkylation sites (N-methyl/N-ethyl adjacent to an activating group) is 1. The lowest BCUT2D eigenvalue weighted by molar-refractivity contribution is -0.137. The van der Waals surface area contributed by atoms with Crippen LogP contribution >= 0.6 is 0 Å². The van der Waals surface area contributed by atoms with Gasteiger partial charge in [-0.2, -0.15) is 0 Å². The third kappa shape index (κ3) is 4.13. The van der Waals surface area contributed by atoms with Crippen molar-refractivity contribution in [3.05, 3.63) is 12.7 Å². The van der Waals surface area contributed by atoms with Crippen LogP contribution in [-0.4, -0.2) is 35.1 Å². The maximum atomic E-state index is 10.3. The zero-order valence-electron chi connectivity index (χ0n) is 7.79. The summed E-state index contributed by atoms with van der Waals surface area (Å²) in [6.07, 6.45) is 2.03. The number of aliphatic carboxylic acids is 1. The zero-order chi connectivity index (χ0) is 9.56. The molecule has 70 valence electrons.